The average Bonchev–Trinajstić information content (AvgIpc) is 3.12. The minimum Gasteiger partial charge on any atom is -0.496 e. The van der Waals surface area contributed by atoms with Crippen LogP contribution in [0.1, 0.15) is 47.8 Å². The van der Waals surface area contributed by atoms with Crippen LogP contribution in [0.15, 0.2) is 30.5 Å². The van der Waals surface area contributed by atoms with Gasteiger partial charge in [-0.15, -0.1) is 0 Å². The van der Waals surface area contributed by atoms with Gasteiger partial charge in [-0.1, -0.05) is 13.0 Å². The standard InChI is InChI=1S/C22H23F4N3O4/c1-4-12-15(23)6-5-13(17(12)32-3)14-10-21(2,22(24,25)26)33-18(14)20(31)29-11-7-8-28-16(9-11)19(27)30/h5-9,14,18H,4,10H2,1-3H3,(H2,27,30)(H,28,29,31). The van der Waals surface area contributed by atoms with Crippen molar-refractivity contribution in [3.63, 3.8) is 0 Å². The fourth-order valence-corrected chi connectivity index (χ4v) is 3.97. The Morgan fingerprint density at radius 2 is 2.03 bits per heavy atom. The number of halogens is 4. The largest absolute Gasteiger partial charge is 0.496 e. The number of benzene rings is 1. The molecule has 0 saturated carbocycles. The minimum atomic E-state index is -4.77. The highest BCUT2D eigenvalue weighted by molar-refractivity contribution is 5.97. The summed E-state index contributed by atoms with van der Waals surface area (Å²) < 4.78 is 66.4. The van der Waals surface area contributed by atoms with Gasteiger partial charge < -0.3 is 20.5 Å². The van der Waals surface area contributed by atoms with E-state index in [0.717, 1.165) is 13.0 Å². The van der Waals surface area contributed by atoms with Crippen molar-refractivity contribution in [3.8, 4) is 5.75 Å². The lowest BCUT2D eigenvalue weighted by Crippen LogP contribution is -2.43. The summed E-state index contributed by atoms with van der Waals surface area (Å²) in [4.78, 5) is 28.2. The van der Waals surface area contributed by atoms with E-state index in [4.69, 9.17) is 15.2 Å². The molecule has 0 aliphatic carbocycles. The van der Waals surface area contributed by atoms with E-state index >= 15 is 0 Å². The lowest BCUT2D eigenvalue weighted by Gasteiger charge is -2.27. The van der Waals surface area contributed by atoms with Crippen molar-refractivity contribution in [1.29, 1.82) is 0 Å². The number of amides is 2. The van der Waals surface area contributed by atoms with Crippen LogP contribution in [0.5, 0.6) is 5.75 Å². The number of hydrogen-bond donors (Lipinski definition) is 2. The lowest BCUT2D eigenvalue weighted by atomic mass is 9.84. The van der Waals surface area contributed by atoms with E-state index in [1.54, 1.807) is 6.92 Å². The summed E-state index contributed by atoms with van der Waals surface area (Å²) >= 11 is 0. The molecule has 1 aliphatic rings. The number of alkyl halides is 3. The van der Waals surface area contributed by atoms with Gasteiger partial charge >= 0.3 is 6.18 Å². The van der Waals surface area contributed by atoms with E-state index < -0.39 is 47.9 Å². The van der Waals surface area contributed by atoms with Crippen molar-refractivity contribution in [2.75, 3.05) is 12.4 Å². The number of hydrogen-bond acceptors (Lipinski definition) is 5. The number of methoxy groups -OCH3 is 1. The normalized spacial score (nSPS) is 22.8. The molecule has 3 atom stereocenters. The molecule has 1 saturated heterocycles. The zero-order valence-electron chi connectivity index (χ0n) is 18.1. The van der Waals surface area contributed by atoms with Gasteiger partial charge in [0.25, 0.3) is 11.8 Å². The maximum atomic E-state index is 14.3. The molecule has 3 rings (SSSR count). The molecular weight excluding hydrogens is 446 g/mol. The van der Waals surface area contributed by atoms with E-state index in [1.165, 1.54) is 31.5 Å². The zero-order chi connectivity index (χ0) is 24.6. The van der Waals surface area contributed by atoms with Crippen molar-refractivity contribution in [2.24, 2.45) is 5.73 Å². The van der Waals surface area contributed by atoms with Gasteiger partial charge in [-0.25, -0.2) is 4.39 Å². The Hall–Kier alpha value is -3.21. The Balaban J connectivity index is 2.03. The molecule has 7 nitrogen and oxygen atoms in total. The maximum absolute atomic E-state index is 14.3. The van der Waals surface area contributed by atoms with Crippen LogP contribution in [-0.4, -0.2) is 41.8 Å². The molecule has 33 heavy (non-hydrogen) atoms. The molecule has 1 aromatic heterocycles. The summed E-state index contributed by atoms with van der Waals surface area (Å²) in [5.41, 5.74) is 2.95. The van der Waals surface area contributed by atoms with Crippen LogP contribution < -0.4 is 15.8 Å². The van der Waals surface area contributed by atoms with E-state index in [9.17, 15) is 27.2 Å². The topological polar surface area (TPSA) is 104 Å². The molecule has 2 amide bonds. The molecule has 0 spiro atoms. The number of carbonyl (C=O) groups is 2. The van der Waals surface area contributed by atoms with Crippen molar-refractivity contribution in [2.45, 2.75) is 50.5 Å². The number of primary amides is 1. The van der Waals surface area contributed by atoms with Gasteiger partial charge in [0.2, 0.25) is 0 Å². The summed E-state index contributed by atoms with van der Waals surface area (Å²) in [6, 6.07) is 4.99. The number of rotatable bonds is 6. The van der Waals surface area contributed by atoms with Crippen LogP contribution in [0.25, 0.3) is 0 Å². The summed E-state index contributed by atoms with van der Waals surface area (Å²) in [6.07, 6.45) is -5.47. The molecule has 2 aromatic rings. The van der Waals surface area contributed by atoms with Gasteiger partial charge in [-0.05, 0) is 38.0 Å². The van der Waals surface area contributed by atoms with Crippen LogP contribution in [0, 0.1) is 5.82 Å². The first kappa shape index (κ1) is 24.4. The number of anilines is 1. The Morgan fingerprint density at radius 1 is 1.33 bits per heavy atom. The second-order valence-electron chi connectivity index (χ2n) is 7.86. The van der Waals surface area contributed by atoms with Crippen LogP contribution in [-0.2, 0) is 16.0 Å². The number of nitrogens with one attached hydrogen (secondary N) is 1. The Bertz CT molecular complexity index is 1080. The minimum absolute atomic E-state index is 0.0789. The predicted octanol–water partition coefficient (Wildman–Crippen LogP) is 3.72. The lowest BCUT2D eigenvalue weighted by molar-refractivity contribution is -0.261. The Labute approximate surface area is 187 Å². The third-order valence-electron chi connectivity index (χ3n) is 5.69. The number of pyridine rings is 1. The molecule has 1 aromatic carbocycles. The zero-order valence-corrected chi connectivity index (χ0v) is 18.1. The third kappa shape index (κ3) is 4.63. The predicted molar refractivity (Wildman–Crippen MR) is 110 cm³/mol. The average molecular weight is 469 g/mol. The molecule has 1 aliphatic heterocycles. The smallest absolute Gasteiger partial charge is 0.417 e. The molecule has 0 radical (unpaired) electrons. The summed E-state index contributed by atoms with van der Waals surface area (Å²) in [7, 11) is 1.29. The van der Waals surface area contributed by atoms with Gasteiger partial charge in [0.05, 0.1) is 7.11 Å². The van der Waals surface area contributed by atoms with Gasteiger partial charge in [0, 0.05) is 28.9 Å². The first-order valence-electron chi connectivity index (χ1n) is 10.1. The SMILES string of the molecule is CCc1c(F)ccc(C2CC(C)(C(F)(F)F)OC2C(=O)Nc2ccnc(C(N)=O)c2)c1OC. The summed E-state index contributed by atoms with van der Waals surface area (Å²) in [5.74, 6) is -3.29. The number of nitrogens with zero attached hydrogens (tertiary/aromatic N) is 1. The van der Waals surface area contributed by atoms with Crippen LogP contribution in [0.3, 0.4) is 0 Å². The molecular formula is C22H23F4N3O4. The highest BCUT2D eigenvalue weighted by Gasteiger charge is 2.61. The first-order chi connectivity index (χ1) is 15.4. The molecule has 0 bridgehead atoms. The van der Waals surface area contributed by atoms with Gasteiger partial charge in [0.15, 0.2) is 5.60 Å². The number of nitrogens with two attached hydrogens (primary N) is 1. The second kappa shape index (κ2) is 8.97. The van der Waals surface area contributed by atoms with Gasteiger partial charge in [-0.3, -0.25) is 14.6 Å². The monoisotopic (exact) mass is 469 g/mol. The van der Waals surface area contributed by atoms with Crippen molar-refractivity contribution >= 4 is 17.5 Å². The molecule has 3 N–H and O–H groups in total. The van der Waals surface area contributed by atoms with Crippen LogP contribution >= 0.6 is 0 Å². The van der Waals surface area contributed by atoms with Gasteiger partial charge in [-0.2, -0.15) is 13.2 Å². The summed E-state index contributed by atoms with van der Waals surface area (Å²) in [6.45, 7) is 2.54. The fourth-order valence-electron chi connectivity index (χ4n) is 3.97. The number of aromatic nitrogens is 1. The highest BCUT2D eigenvalue weighted by Crippen LogP contribution is 2.51. The molecule has 2 heterocycles. The van der Waals surface area contributed by atoms with E-state index in [0.29, 0.717) is 0 Å². The molecule has 11 heteroatoms. The molecule has 3 unspecified atom stereocenters. The van der Waals surface area contributed by atoms with Crippen LogP contribution in [0.4, 0.5) is 23.2 Å². The molecule has 178 valence electrons. The summed E-state index contributed by atoms with van der Waals surface area (Å²) in [5, 5.41) is 2.45. The third-order valence-corrected chi connectivity index (χ3v) is 5.69. The Morgan fingerprint density at radius 3 is 2.61 bits per heavy atom. The first-order valence-corrected chi connectivity index (χ1v) is 10.1. The second-order valence-corrected chi connectivity index (χ2v) is 7.86. The maximum Gasteiger partial charge on any atom is 0.417 e. The number of ether oxygens (including phenoxy) is 2. The van der Waals surface area contributed by atoms with Gasteiger partial charge in [0.1, 0.15) is 23.4 Å². The molecule has 1 fully saturated rings. The van der Waals surface area contributed by atoms with Crippen molar-refractivity contribution < 1.29 is 36.6 Å². The number of carbonyl (C=O) groups excluding carboxylic acids is 2. The van der Waals surface area contributed by atoms with E-state index in [2.05, 4.69) is 10.3 Å². The Kier molecular flexibility index (Phi) is 6.64. The van der Waals surface area contributed by atoms with E-state index in [1.807, 2.05) is 0 Å². The fraction of sp³-hybridized carbons (Fsp3) is 0.409. The highest BCUT2D eigenvalue weighted by atomic mass is 19.4. The van der Waals surface area contributed by atoms with Crippen molar-refractivity contribution in [3.05, 3.63) is 53.1 Å². The van der Waals surface area contributed by atoms with Crippen LogP contribution in [0.2, 0.25) is 0 Å². The van der Waals surface area contributed by atoms with Crippen molar-refractivity contribution in [1.82, 2.24) is 4.98 Å². The van der Waals surface area contributed by atoms with E-state index in [-0.39, 0.29) is 34.7 Å². The quantitative estimate of drug-likeness (QED) is 0.628.